The Bertz CT molecular complexity index is 271. The van der Waals surface area contributed by atoms with E-state index in [0.717, 1.165) is 0 Å². The van der Waals surface area contributed by atoms with Crippen LogP contribution in [0.25, 0.3) is 0 Å². The second-order valence-corrected chi connectivity index (χ2v) is 3.64. The van der Waals surface area contributed by atoms with Gasteiger partial charge in [0, 0.05) is 6.54 Å². The van der Waals surface area contributed by atoms with Crippen LogP contribution < -0.4 is 11.1 Å². The molecule has 1 rings (SSSR count). The molecular formula is C9H16N2O5. The summed E-state index contributed by atoms with van der Waals surface area (Å²) in [5.74, 6) is -1.79. The molecule has 16 heavy (non-hydrogen) atoms. The first kappa shape index (κ1) is 12.9. The number of amides is 1. The SMILES string of the molecule is NCC1CCC(C(=O)N[C@@H](CO)C(=O)O)O1. The third-order valence-electron chi connectivity index (χ3n) is 2.46. The first-order chi connectivity index (χ1) is 7.58. The maximum atomic E-state index is 11.5. The molecule has 1 aliphatic heterocycles. The van der Waals surface area contributed by atoms with Gasteiger partial charge in [0.15, 0.2) is 0 Å². The average molecular weight is 232 g/mol. The van der Waals surface area contributed by atoms with Gasteiger partial charge in [0.1, 0.15) is 12.1 Å². The second kappa shape index (κ2) is 5.78. The summed E-state index contributed by atoms with van der Waals surface area (Å²) in [7, 11) is 0. The smallest absolute Gasteiger partial charge is 0.328 e. The van der Waals surface area contributed by atoms with Gasteiger partial charge in [-0.15, -0.1) is 0 Å². The lowest BCUT2D eigenvalue weighted by Crippen LogP contribution is -2.47. The van der Waals surface area contributed by atoms with Gasteiger partial charge in [-0.25, -0.2) is 4.79 Å². The molecule has 1 heterocycles. The number of ether oxygens (including phenoxy) is 1. The maximum Gasteiger partial charge on any atom is 0.328 e. The summed E-state index contributed by atoms with van der Waals surface area (Å²) in [5.41, 5.74) is 5.38. The third kappa shape index (κ3) is 3.16. The Hall–Kier alpha value is -1.18. The Kier molecular flexibility index (Phi) is 4.66. The molecule has 1 saturated heterocycles. The van der Waals surface area contributed by atoms with E-state index in [4.69, 9.17) is 20.7 Å². The van der Waals surface area contributed by atoms with Crippen LogP contribution in [0.15, 0.2) is 0 Å². The number of carbonyl (C=O) groups excluding carboxylic acids is 1. The number of rotatable bonds is 5. The zero-order valence-corrected chi connectivity index (χ0v) is 8.76. The number of carboxylic acid groups (broad SMARTS) is 1. The van der Waals surface area contributed by atoms with Crippen LogP contribution in [0.1, 0.15) is 12.8 Å². The van der Waals surface area contributed by atoms with Gasteiger partial charge >= 0.3 is 5.97 Å². The standard InChI is InChI=1S/C9H16N2O5/c10-3-5-1-2-7(16-5)8(13)11-6(4-12)9(14)15/h5-7,12H,1-4,10H2,(H,11,13)(H,14,15)/t5?,6-,7?/m0/s1. The molecule has 2 unspecified atom stereocenters. The Morgan fingerprint density at radius 3 is 2.62 bits per heavy atom. The van der Waals surface area contributed by atoms with Gasteiger partial charge < -0.3 is 26.0 Å². The number of carboxylic acids is 1. The molecule has 0 aliphatic carbocycles. The number of hydrogen-bond acceptors (Lipinski definition) is 5. The molecule has 1 amide bonds. The summed E-state index contributed by atoms with van der Waals surface area (Å²) in [5, 5.41) is 19.6. The van der Waals surface area contributed by atoms with Crippen molar-refractivity contribution in [3.05, 3.63) is 0 Å². The van der Waals surface area contributed by atoms with Gasteiger partial charge in [-0.3, -0.25) is 4.79 Å². The third-order valence-corrected chi connectivity index (χ3v) is 2.46. The van der Waals surface area contributed by atoms with E-state index in [1.54, 1.807) is 0 Å². The molecule has 1 aliphatic rings. The predicted octanol–water partition coefficient (Wildman–Crippen LogP) is -1.95. The van der Waals surface area contributed by atoms with E-state index >= 15 is 0 Å². The molecule has 7 heteroatoms. The number of aliphatic hydroxyl groups excluding tert-OH is 1. The van der Waals surface area contributed by atoms with Crippen LogP contribution in [0.4, 0.5) is 0 Å². The molecule has 0 saturated carbocycles. The summed E-state index contributed by atoms with van der Waals surface area (Å²) in [6.07, 6.45) is 0.395. The first-order valence-electron chi connectivity index (χ1n) is 5.08. The molecule has 0 bridgehead atoms. The van der Waals surface area contributed by atoms with Gasteiger partial charge in [-0.1, -0.05) is 0 Å². The number of aliphatic carboxylic acids is 1. The lowest BCUT2D eigenvalue weighted by molar-refractivity contribution is -0.145. The number of nitrogens with one attached hydrogen (secondary N) is 1. The Labute approximate surface area is 92.6 Å². The minimum atomic E-state index is -1.28. The largest absolute Gasteiger partial charge is 0.480 e. The molecule has 0 aromatic rings. The summed E-state index contributed by atoms with van der Waals surface area (Å²) < 4.78 is 5.29. The van der Waals surface area contributed by atoms with Crippen LogP contribution in [-0.2, 0) is 14.3 Å². The summed E-state index contributed by atoms with van der Waals surface area (Å²) in [6.45, 7) is -0.305. The Balaban J connectivity index is 2.43. The Morgan fingerprint density at radius 2 is 2.19 bits per heavy atom. The van der Waals surface area contributed by atoms with E-state index in [0.29, 0.717) is 19.4 Å². The second-order valence-electron chi connectivity index (χ2n) is 3.64. The number of hydrogen-bond donors (Lipinski definition) is 4. The van der Waals surface area contributed by atoms with E-state index in [2.05, 4.69) is 5.32 Å². The molecule has 7 nitrogen and oxygen atoms in total. The van der Waals surface area contributed by atoms with E-state index < -0.39 is 30.6 Å². The van der Waals surface area contributed by atoms with Crippen molar-refractivity contribution >= 4 is 11.9 Å². The zero-order chi connectivity index (χ0) is 12.1. The van der Waals surface area contributed by atoms with E-state index in [1.807, 2.05) is 0 Å². The van der Waals surface area contributed by atoms with Crippen LogP contribution in [0, 0.1) is 0 Å². The molecular weight excluding hydrogens is 216 g/mol. The van der Waals surface area contributed by atoms with Crippen molar-refractivity contribution in [3.63, 3.8) is 0 Å². The minimum absolute atomic E-state index is 0.145. The van der Waals surface area contributed by atoms with Crippen LogP contribution in [0.2, 0.25) is 0 Å². The van der Waals surface area contributed by atoms with Gasteiger partial charge in [-0.05, 0) is 12.8 Å². The lowest BCUT2D eigenvalue weighted by atomic mass is 10.2. The topological polar surface area (TPSA) is 122 Å². The van der Waals surface area contributed by atoms with Gasteiger partial charge in [-0.2, -0.15) is 0 Å². The zero-order valence-electron chi connectivity index (χ0n) is 8.76. The summed E-state index contributed by atoms with van der Waals surface area (Å²) in [6, 6.07) is -1.28. The monoisotopic (exact) mass is 232 g/mol. The van der Waals surface area contributed by atoms with Crippen molar-refractivity contribution in [2.45, 2.75) is 31.1 Å². The van der Waals surface area contributed by atoms with Crippen molar-refractivity contribution in [2.75, 3.05) is 13.2 Å². The molecule has 1 fully saturated rings. The van der Waals surface area contributed by atoms with Crippen LogP contribution in [0.5, 0.6) is 0 Å². The molecule has 0 aromatic heterocycles. The lowest BCUT2D eigenvalue weighted by Gasteiger charge is -2.16. The first-order valence-corrected chi connectivity index (χ1v) is 5.08. The summed E-state index contributed by atoms with van der Waals surface area (Å²) in [4.78, 5) is 22.1. The molecule has 3 atom stereocenters. The van der Waals surface area contributed by atoms with Crippen molar-refractivity contribution in [3.8, 4) is 0 Å². The number of carbonyl (C=O) groups is 2. The highest BCUT2D eigenvalue weighted by Crippen LogP contribution is 2.18. The van der Waals surface area contributed by atoms with E-state index in [-0.39, 0.29) is 6.10 Å². The quantitative estimate of drug-likeness (QED) is 0.437. The van der Waals surface area contributed by atoms with Crippen LogP contribution >= 0.6 is 0 Å². The minimum Gasteiger partial charge on any atom is -0.480 e. The molecule has 0 aromatic carbocycles. The average Bonchev–Trinajstić information content (AvgIpc) is 2.73. The number of nitrogens with two attached hydrogens (primary N) is 1. The van der Waals surface area contributed by atoms with Crippen molar-refractivity contribution in [1.29, 1.82) is 0 Å². The van der Waals surface area contributed by atoms with Crippen LogP contribution in [-0.4, -0.2) is 53.5 Å². The van der Waals surface area contributed by atoms with E-state index in [1.165, 1.54) is 0 Å². The molecule has 92 valence electrons. The van der Waals surface area contributed by atoms with E-state index in [9.17, 15) is 9.59 Å². The van der Waals surface area contributed by atoms with Gasteiger partial charge in [0.2, 0.25) is 5.91 Å². The fourth-order valence-electron chi connectivity index (χ4n) is 1.52. The fourth-order valence-corrected chi connectivity index (χ4v) is 1.52. The predicted molar refractivity (Wildman–Crippen MR) is 53.6 cm³/mol. The van der Waals surface area contributed by atoms with Gasteiger partial charge in [0.25, 0.3) is 0 Å². The van der Waals surface area contributed by atoms with Crippen LogP contribution in [0.3, 0.4) is 0 Å². The van der Waals surface area contributed by atoms with Crippen molar-refractivity contribution in [1.82, 2.24) is 5.32 Å². The van der Waals surface area contributed by atoms with Crippen molar-refractivity contribution in [2.24, 2.45) is 5.73 Å². The highest BCUT2D eigenvalue weighted by atomic mass is 16.5. The number of aliphatic hydroxyl groups is 1. The highest BCUT2D eigenvalue weighted by Gasteiger charge is 2.32. The molecule has 0 spiro atoms. The summed E-state index contributed by atoms with van der Waals surface area (Å²) >= 11 is 0. The highest BCUT2D eigenvalue weighted by molar-refractivity contribution is 5.86. The normalized spacial score (nSPS) is 26.4. The fraction of sp³-hybridized carbons (Fsp3) is 0.778. The Morgan fingerprint density at radius 1 is 1.50 bits per heavy atom. The van der Waals surface area contributed by atoms with Crippen molar-refractivity contribution < 1.29 is 24.5 Å². The molecule has 0 radical (unpaired) electrons. The van der Waals surface area contributed by atoms with Gasteiger partial charge in [0.05, 0.1) is 12.7 Å². The maximum absolute atomic E-state index is 11.5. The molecule has 5 N–H and O–H groups in total.